The van der Waals surface area contributed by atoms with E-state index >= 15 is 0 Å². The Bertz CT molecular complexity index is 767. The molecule has 1 saturated heterocycles. The van der Waals surface area contributed by atoms with E-state index in [-0.39, 0.29) is 5.91 Å². The van der Waals surface area contributed by atoms with Gasteiger partial charge in [0.05, 0.1) is 5.56 Å². The fourth-order valence-electron chi connectivity index (χ4n) is 3.11. The second-order valence-corrected chi connectivity index (χ2v) is 7.55. The SMILES string of the molecule is CC1CCCN(c2ncc(C(=O)NCCc3ccc(Cl)cc3Cl)cn2)C1. The number of piperidine rings is 1. The van der Waals surface area contributed by atoms with Gasteiger partial charge in [-0.15, -0.1) is 0 Å². The normalized spacial score (nSPS) is 17.2. The lowest BCUT2D eigenvalue weighted by Gasteiger charge is -2.30. The zero-order valence-electron chi connectivity index (χ0n) is 14.7. The predicted molar refractivity (Wildman–Crippen MR) is 105 cm³/mol. The van der Waals surface area contributed by atoms with Gasteiger partial charge in [0.15, 0.2) is 0 Å². The molecule has 1 N–H and O–H groups in total. The average Bonchev–Trinajstić information content (AvgIpc) is 2.63. The molecule has 1 unspecified atom stereocenters. The lowest BCUT2D eigenvalue weighted by atomic mass is 10.0. The van der Waals surface area contributed by atoms with Gasteiger partial charge < -0.3 is 10.2 Å². The molecule has 7 heteroatoms. The molecule has 1 amide bonds. The van der Waals surface area contributed by atoms with Crippen molar-refractivity contribution in [1.29, 1.82) is 0 Å². The number of anilines is 1. The second kappa shape index (κ2) is 8.69. The summed E-state index contributed by atoms with van der Waals surface area (Å²) in [7, 11) is 0. The van der Waals surface area contributed by atoms with Gasteiger partial charge in [-0.25, -0.2) is 9.97 Å². The topological polar surface area (TPSA) is 58.1 Å². The highest BCUT2D eigenvalue weighted by atomic mass is 35.5. The van der Waals surface area contributed by atoms with Crippen LogP contribution in [0, 0.1) is 5.92 Å². The molecule has 1 aromatic carbocycles. The molecule has 26 heavy (non-hydrogen) atoms. The van der Waals surface area contributed by atoms with Crippen LogP contribution in [-0.4, -0.2) is 35.5 Å². The van der Waals surface area contributed by atoms with Crippen molar-refractivity contribution in [2.24, 2.45) is 5.92 Å². The molecule has 1 fully saturated rings. The van der Waals surface area contributed by atoms with Gasteiger partial charge in [0.25, 0.3) is 5.91 Å². The summed E-state index contributed by atoms with van der Waals surface area (Å²) in [4.78, 5) is 23.2. The molecule has 0 aliphatic carbocycles. The third-order valence-corrected chi connectivity index (χ3v) is 5.12. The van der Waals surface area contributed by atoms with E-state index in [0.717, 1.165) is 25.1 Å². The van der Waals surface area contributed by atoms with Crippen LogP contribution in [0.4, 0.5) is 5.95 Å². The Kier molecular flexibility index (Phi) is 6.33. The van der Waals surface area contributed by atoms with Crippen molar-refractivity contribution in [2.45, 2.75) is 26.2 Å². The number of carbonyl (C=O) groups excluding carboxylic acids is 1. The third-order valence-electron chi connectivity index (χ3n) is 4.54. The van der Waals surface area contributed by atoms with Crippen LogP contribution in [0.15, 0.2) is 30.6 Å². The van der Waals surface area contributed by atoms with Crippen molar-refractivity contribution in [1.82, 2.24) is 15.3 Å². The van der Waals surface area contributed by atoms with E-state index in [2.05, 4.69) is 27.1 Å². The number of carbonyl (C=O) groups is 1. The maximum absolute atomic E-state index is 12.3. The summed E-state index contributed by atoms with van der Waals surface area (Å²) in [6.45, 7) is 4.65. The molecule has 1 aliphatic heterocycles. The number of nitrogens with one attached hydrogen (secondary N) is 1. The van der Waals surface area contributed by atoms with Gasteiger partial charge in [0.2, 0.25) is 5.95 Å². The number of nitrogens with zero attached hydrogens (tertiary/aromatic N) is 3. The molecule has 1 aliphatic rings. The Labute approximate surface area is 163 Å². The molecule has 5 nitrogen and oxygen atoms in total. The molecule has 0 spiro atoms. The zero-order valence-corrected chi connectivity index (χ0v) is 16.2. The van der Waals surface area contributed by atoms with Gasteiger partial charge in [-0.05, 0) is 42.9 Å². The van der Waals surface area contributed by atoms with Gasteiger partial charge in [-0.1, -0.05) is 36.2 Å². The molecule has 138 valence electrons. The minimum Gasteiger partial charge on any atom is -0.352 e. The fourth-order valence-corrected chi connectivity index (χ4v) is 3.61. The summed E-state index contributed by atoms with van der Waals surface area (Å²) in [5.74, 6) is 1.16. The Balaban J connectivity index is 1.53. The summed E-state index contributed by atoms with van der Waals surface area (Å²) in [5.41, 5.74) is 1.41. The van der Waals surface area contributed by atoms with Crippen molar-refractivity contribution in [3.05, 3.63) is 51.8 Å². The van der Waals surface area contributed by atoms with Gasteiger partial charge in [0, 0.05) is 42.1 Å². The van der Waals surface area contributed by atoms with Crippen molar-refractivity contribution in [3.8, 4) is 0 Å². The summed E-state index contributed by atoms with van der Waals surface area (Å²) in [5, 5.41) is 4.08. The molecule has 0 saturated carbocycles. The molecule has 0 radical (unpaired) electrons. The number of benzene rings is 1. The summed E-state index contributed by atoms with van der Waals surface area (Å²) in [6, 6.07) is 5.36. The lowest BCUT2D eigenvalue weighted by Crippen LogP contribution is -2.35. The van der Waals surface area contributed by atoms with Gasteiger partial charge in [0.1, 0.15) is 0 Å². The fraction of sp³-hybridized carbons (Fsp3) is 0.421. The summed E-state index contributed by atoms with van der Waals surface area (Å²) >= 11 is 12.0. The first-order chi connectivity index (χ1) is 12.5. The van der Waals surface area contributed by atoms with Crippen LogP contribution < -0.4 is 10.2 Å². The van der Waals surface area contributed by atoms with Gasteiger partial charge >= 0.3 is 0 Å². The Morgan fingerprint density at radius 2 is 2.08 bits per heavy atom. The van der Waals surface area contributed by atoms with Crippen molar-refractivity contribution in [2.75, 3.05) is 24.5 Å². The summed E-state index contributed by atoms with van der Waals surface area (Å²) < 4.78 is 0. The van der Waals surface area contributed by atoms with Crippen LogP contribution in [-0.2, 0) is 6.42 Å². The number of rotatable bonds is 5. The van der Waals surface area contributed by atoms with Crippen molar-refractivity contribution in [3.63, 3.8) is 0 Å². The molecule has 1 atom stereocenters. The van der Waals surface area contributed by atoms with Gasteiger partial charge in [-0.2, -0.15) is 0 Å². The molecule has 2 heterocycles. The van der Waals surface area contributed by atoms with Crippen molar-refractivity contribution < 1.29 is 4.79 Å². The molecule has 2 aromatic rings. The molecular formula is C19H22Cl2N4O. The highest BCUT2D eigenvalue weighted by Gasteiger charge is 2.18. The monoisotopic (exact) mass is 392 g/mol. The second-order valence-electron chi connectivity index (χ2n) is 6.71. The van der Waals surface area contributed by atoms with Crippen LogP contribution >= 0.6 is 23.2 Å². The third kappa shape index (κ3) is 4.86. The Morgan fingerprint density at radius 3 is 2.77 bits per heavy atom. The molecule has 1 aromatic heterocycles. The van der Waals surface area contributed by atoms with E-state index in [0.29, 0.717) is 40.4 Å². The van der Waals surface area contributed by atoms with E-state index in [1.165, 1.54) is 6.42 Å². The first kappa shape index (κ1) is 18.9. The largest absolute Gasteiger partial charge is 0.352 e. The Hall–Kier alpha value is -1.85. The van der Waals surface area contributed by atoms with Crippen LogP contribution in [0.3, 0.4) is 0 Å². The maximum atomic E-state index is 12.3. The van der Waals surface area contributed by atoms with Crippen molar-refractivity contribution >= 4 is 35.1 Å². The number of amides is 1. The van der Waals surface area contributed by atoms with E-state index in [1.54, 1.807) is 24.5 Å². The minimum absolute atomic E-state index is 0.186. The first-order valence-electron chi connectivity index (χ1n) is 8.82. The molecule has 0 bridgehead atoms. The molecule has 3 rings (SSSR count). The maximum Gasteiger partial charge on any atom is 0.254 e. The average molecular weight is 393 g/mol. The van der Waals surface area contributed by atoms with Crippen LogP contribution in [0.25, 0.3) is 0 Å². The number of hydrogen-bond donors (Lipinski definition) is 1. The predicted octanol–water partition coefficient (Wildman–Crippen LogP) is 3.99. The highest BCUT2D eigenvalue weighted by Crippen LogP contribution is 2.21. The molecular weight excluding hydrogens is 371 g/mol. The van der Waals surface area contributed by atoms with E-state index < -0.39 is 0 Å². The first-order valence-corrected chi connectivity index (χ1v) is 9.57. The van der Waals surface area contributed by atoms with Crippen LogP contribution in [0.2, 0.25) is 10.0 Å². The van der Waals surface area contributed by atoms with Gasteiger partial charge in [-0.3, -0.25) is 4.79 Å². The van der Waals surface area contributed by atoms with E-state index in [1.807, 2.05) is 6.07 Å². The van der Waals surface area contributed by atoms with E-state index in [4.69, 9.17) is 23.2 Å². The lowest BCUT2D eigenvalue weighted by molar-refractivity contribution is 0.0953. The highest BCUT2D eigenvalue weighted by molar-refractivity contribution is 6.35. The number of hydrogen-bond acceptors (Lipinski definition) is 4. The summed E-state index contributed by atoms with van der Waals surface area (Å²) in [6.07, 6.45) is 6.21. The van der Waals surface area contributed by atoms with Crippen LogP contribution in [0.5, 0.6) is 0 Å². The number of aromatic nitrogens is 2. The quantitative estimate of drug-likeness (QED) is 0.835. The zero-order chi connectivity index (χ0) is 18.5. The van der Waals surface area contributed by atoms with E-state index in [9.17, 15) is 4.79 Å². The van der Waals surface area contributed by atoms with Crippen LogP contribution in [0.1, 0.15) is 35.7 Å². The number of halogens is 2. The standard InChI is InChI=1S/C19H22Cl2N4O/c1-13-3-2-8-25(12-13)19-23-10-15(11-24-19)18(26)22-7-6-14-4-5-16(20)9-17(14)21/h4-5,9-11,13H,2-3,6-8,12H2,1H3,(H,22,26). The Morgan fingerprint density at radius 1 is 1.31 bits per heavy atom. The smallest absolute Gasteiger partial charge is 0.254 e. The minimum atomic E-state index is -0.186.